The van der Waals surface area contributed by atoms with Crippen LogP contribution in [0.3, 0.4) is 0 Å². The molecule has 18 heavy (non-hydrogen) atoms. The van der Waals surface area contributed by atoms with Crippen LogP contribution < -0.4 is 0 Å². The van der Waals surface area contributed by atoms with E-state index in [1.807, 2.05) is 0 Å². The van der Waals surface area contributed by atoms with E-state index in [0.717, 1.165) is 0 Å². The number of hydrogen-bond acceptors (Lipinski definition) is 3. The Balaban J connectivity index is 3.01. The van der Waals surface area contributed by atoms with Gasteiger partial charge < -0.3 is 9.64 Å². The van der Waals surface area contributed by atoms with Gasteiger partial charge in [-0.1, -0.05) is 30.2 Å². The summed E-state index contributed by atoms with van der Waals surface area (Å²) in [6.45, 7) is -3.71. The molecule has 1 fully saturated rings. The first-order chi connectivity index (χ1) is 13.5. The molecule has 1 saturated heterocycles. The lowest BCUT2D eigenvalue weighted by Gasteiger charge is -2.38. The monoisotopic (exact) mass is 259 g/mol. The van der Waals surface area contributed by atoms with Gasteiger partial charge in [-0.2, -0.15) is 0 Å². The molecule has 0 saturated carbocycles. The summed E-state index contributed by atoms with van der Waals surface area (Å²) in [5.41, 5.74) is -3.90. The van der Waals surface area contributed by atoms with E-state index < -0.39 is 80.0 Å². The average molecular weight is 259 g/mol. The summed E-state index contributed by atoms with van der Waals surface area (Å²) < 4.78 is 102. The normalized spacial score (nSPS) is 35.4. The molecular weight excluding hydrogens is 226 g/mol. The minimum absolute atomic E-state index is 0.297. The molecule has 1 aliphatic rings. The van der Waals surface area contributed by atoms with Crippen LogP contribution in [-0.2, 0) is 14.9 Å². The van der Waals surface area contributed by atoms with Crippen molar-refractivity contribution in [3.63, 3.8) is 0 Å². The van der Waals surface area contributed by atoms with Crippen LogP contribution in [0.4, 0.5) is 0 Å². The van der Waals surface area contributed by atoms with Crippen LogP contribution in [0.15, 0.2) is 30.2 Å². The highest BCUT2D eigenvalue weighted by atomic mass is 16.5. The van der Waals surface area contributed by atoms with Crippen molar-refractivity contribution in [3.8, 4) is 0 Å². The molecule has 0 amide bonds. The maximum atomic E-state index is 13.1. The highest BCUT2D eigenvalue weighted by Gasteiger charge is 2.43. The van der Waals surface area contributed by atoms with E-state index in [2.05, 4.69) is 0 Å². The highest BCUT2D eigenvalue weighted by Crippen LogP contribution is 2.36. The second-order valence-corrected chi connectivity index (χ2v) is 3.68. The number of piperidine rings is 1. The van der Waals surface area contributed by atoms with Gasteiger partial charge in [-0.25, -0.2) is 0 Å². The Kier molecular flexibility index (Phi) is 1.42. The maximum Gasteiger partial charge on any atom is 0.316 e. The molecule has 0 bridgehead atoms. The molecule has 1 aliphatic heterocycles. The predicted octanol–water partition coefficient (Wildman–Crippen LogP) is 2.21. The zero-order valence-corrected chi connectivity index (χ0v) is 9.89. The first-order valence-corrected chi connectivity index (χ1v) is 5.47. The van der Waals surface area contributed by atoms with Crippen LogP contribution in [0.5, 0.6) is 0 Å². The third-order valence-electron chi connectivity index (χ3n) is 2.53. The number of likely N-dealkylation sites (tertiary alicyclic amines) is 1. The molecule has 1 heterocycles. The van der Waals surface area contributed by atoms with Crippen molar-refractivity contribution >= 4 is 5.97 Å². The largest absolute Gasteiger partial charge is 0.465 e. The van der Waals surface area contributed by atoms with Gasteiger partial charge in [0.15, 0.2) is 0 Å². The number of nitrogens with zero attached hydrogens (tertiary/aromatic N) is 1. The lowest BCUT2D eigenvalue weighted by molar-refractivity contribution is -0.152. The van der Waals surface area contributed by atoms with Crippen molar-refractivity contribution in [2.75, 3.05) is 26.7 Å². The Morgan fingerprint density at radius 3 is 2.72 bits per heavy atom. The number of carbonyl (C=O) groups excluding carboxylic acids is 1. The smallest absolute Gasteiger partial charge is 0.316 e. The lowest BCUT2D eigenvalue weighted by Crippen LogP contribution is -2.47. The zero-order valence-electron chi connectivity index (χ0n) is 21.9. The zero-order chi connectivity index (χ0) is 23.4. The van der Waals surface area contributed by atoms with Gasteiger partial charge in [0.05, 0.1) is 18.9 Å². The molecule has 3 nitrogen and oxygen atoms in total. The molecular formula is C15H21NO2. The Morgan fingerprint density at radius 2 is 2.17 bits per heavy atom. The Labute approximate surface area is 126 Å². The van der Waals surface area contributed by atoms with Crippen molar-refractivity contribution in [2.24, 2.45) is 0 Å². The van der Waals surface area contributed by atoms with E-state index in [9.17, 15) is 4.79 Å². The van der Waals surface area contributed by atoms with Crippen molar-refractivity contribution in [1.29, 1.82) is 0 Å². The number of hydrogen-bond donors (Lipinski definition) is 0. The quantitative estimate of drug-likeness (QED) is 0.780. The molecule has 1 aromatic rings. The predicted molar refractivity (Wildman–Crippen MR) is 71.5 cm³/mol. The Bertz CT molecular complexity index is 819. The summed E-state index contributed by atoms with van der Waals surface area (Å²) in [6.07, 6.45) is -6.02. The minimum atomic E-state index is -3.01. The van der Waals surface area contributed by atoms with E-state index in [1.165, 1.54) is 6.92 Å². The van der Waals surface area contributed by atoms with Gasteiger partial charge in [-0.3, -0.25) is 4.79 Å². The molecule has 98 valence electrons. The van der Waals surface area contributed by atoms with E-state index in [0.29, 0.717) is 4.90 Å². The summed E-state index contributed by atoms with van der Waals surface area (Å²) in [4.78, 5) is 13.7. The van der Waals surface area contributed by atoms with Gasteiger partial charge >= 0.3 is 5.97 Å². The average Bonchev–Trinajstić information content (AvgIpc) is 2.59. The standard InChI is InChI=1S/C15H21NO2/c1-3-18-14(17)15(9-11-16(2)12-10-15)13-7-5-4-6-8-13/h4-8H,3,9-12H2,1-2H3/i2D3,4D,5D,6D,7D,8D,9D2,10D2. The number of benzene rings is 1. The van der Waals surface area contributed by atoms with Crippen molar-refractivity contribution in [1.82, 2.24) is 4.90 Å². The van der Waals surface area contributed by atoms with Gasteiger partial charge in [0.2, 0.25) is 0 Å². The summed E-state index contributed by atoms with van der Waals surface area (Å²) in [6, 6.07) is -4.46. The number of carbonyl (C=O) groups is 1. The molecule has 2 rings (SSSR count). The summed E-state index contributed by atoms with van der Waals surface area (Å²) >= 11 is 0. The van der Waals surface area contributed by atoms with E-state index in [4.69, 9.17) is 21.2 Å². The minimum Gasteiger partial charge on any atom is -0.465 e. The molecule has 0 atom stereocenters. The van der Waals surface area contributed by atoms with Crippen LogP contribution in [-0.4, -0.2) is 37.5 Å². The molecule has 0 spiro atoms. The molecule has 3 heteroatoms. The molecule has 0 N–H and O–H groups in total. The number of ether oxygens (including phenoxy) is 1. The van der Waals surface area contributed by atoms with Gasteiger partial charge in [0, 0.05) is 9.60 Å². The van der Waals surface area contributed by atoms with Gasteiger partial charge in [-0.05, 0) is 45.3 Å². The second-order valence-electron chi connectivity index (χ2n) is 3.68. The van der Waals surface area contributed by atoms with Crippen molar-refractivity contribution in [2.45, 2.75) is 25.1 Å². The van der Waals surface area contributed by atoms with Crippen LogP contribution in [0, 0.1) is 0 Å². The van der Waals surface area contributed by atoms with Crippen LogP contribution in [0.2, 0.25) is 0 Å². The third-order valence-corrected chi connectivity index (χ3v) is 2.53. The first-order valence-electron chi connectivity index (χ1n) is 11.5. The van der Waals surface area contributed by atoms with Gasteiger partial charge in [-0.15, -0.1) is 0 Å². The molecule has 0 aromatic heterocycles. The molecule has 0 aliphatic carbocycles. The number of rotatable bonds is 3. The van der Waals surface area contributed by atoms with Crippen LogP contribution in [0.1, 0.15) is 41.7 Å². The summed E-state index contributed by atoms with van der Waals surface area (Å²) in [5.74, 6) is -1.47. The fraction of sp³-hybridized carbons (Fsp3) is 0.533. The third kappa shape index (κ3) is 2.41. The van der Waals surface area contributed by atoms with E-state index in [1.54, 1.807) is 0 Å². The summed E-state index contributed by atoms with van der Waals surface area (Å²) in [5, 5.41) is 0. The fourth-order valence-corrected chi connectivity index (χ4v) is 1.65. The second kappa shape index (κ2) is 5.53. The fourth-order valence-electron chi connectivity index (χ4n) is 1.65. The van der Waals surface area contributed by atoms with Crippen molar-refractivity contribution in [3.05, 3.63) is 35.8 Å². The SMILES string of the molecule is [2H]c1c([2H])c([2H])c(C2(C(=O)OCC)C([2H])([2H])CN(C([2H])([2H])[2H])CC2([2H])[2H])c([2H])c1[2H]. The summed E-state index contributed by atoms with van der Waals surface area (Å²) in [7, 11) is 0. The topological polar surface area (TPSA) is 29.5 Å². The highest BCUT2D eigenvalue weighted by molar-refractivity contribution is 5.83. The van der Waals surface area contributed by atoms with Crippen LogP contribution >= 0.6 is 0 Å². The number of esters is 1. The van der Waals surface area contributed by atoms with Gasteiger partial charge in [0.25, 0.3) is 0 Å². The van der Waals surface area contributed by atoms with Gasteiger partial charge in [0.1, 0.15) is 0 Å². The Morgan fingerprint density at radius 1 is 1.50 bits per heavy atom. The molecule has 1 aromatic carbocycles. The first kappa shape index (κ1) is 4.64. The lowest BCUT2D eigenvalue weighted by atomic mass is 9.73. The van der Waals surface area contributed by atoms with E-state index in [-0.39, 0.29) is 6.61 Å². The van der Waals surface area contributed by atoms with Crippen LogP contribution in [0.25, 0.3) is 0 Å². The van der Waals surface area contributed by atoms with E-state index >= 15 is 0 Å². The maximum absolute atomic E-state index is 13.1. The molecule has 0 unspecified atom stereocenters. The molecule has 0 radical (unpaired) electrons. The Hall–Kier alpha value is -1.35. The van der Waals surface area contributed by atoms with Crippen molar-refractivity contribution < 1.29 is 26.0 Å².